The van der Waals surface area contributed by atoms with Gasteiger partial charge in [0.25, 0.3) is 0 Å². The Morgan fingerprint density at radius 1 is 1.20 bits per heavy atom. The molecule has 0 bridgehead atoms. The van der Waals surface area contributed by atoms with Gasteiger partial charge >= 0.3 is 7.82 Å². The lowest BCUT2D eigenvalue weighted by molar-refractivity contribution is 0.0836. The zero-order valence-corrected chi connectivity index (χ0v) is 10.9. The van der Waals surface area contributed by atoms with Crippen molar-refractivity contribution in [2.75, 3.05) is 0 Å². The van der Waals surface area contributed by atoms with Crippen LogP contribution in [0.5, 0.6) is 0 Å². The van der Waals surface area contributed by atoms with Gasteiger partial charge < -0.3 is 9.79 Å². The van der Waals surface area contributed by atoms with Gasteiger partial charge in [0.05, 0.1) is 0 Å². The smallest absolute Gasteiger partial charge is 0.303 e. The Hall–Kier alpha value is 0.400. The number of unbranched alkanes of at least 4 members (excludes halogenated alkanes) is 2. The van der Waals surface area contributed by atoms with Crippen LogP contribution in [-0.4, -0.2) is 14.8 Å². The van der Waals surface area contributed by atoms with Gasteiger partial charge in [0.15, 0.2) is 5.06 Å². The van der Waals surface area contributed by atoms with E-state index in [-0.39, 0.29) is 0 Å². The van der Waals surface area contributed by atoms with Gasteiger partial charge in [-0.2, -0.15) is 0 Å². The van der Waals surface area contributed by atoms with E-state index in [4.69, 9.17) is 21.4 Å². The summed E-state index contributed by atoms with van der Waals surface area (Å²) in [5, 5.41) is -1.20. The molecule has 0 aliphatic heterocycles. The molecule has 0 fully saturated rings. The number of rotatable bonds is 8. The molecule has 0 atom stereocenters. The highest BCUT2D eigenvalue weighted by Gasteiger charge is 2.34. The average molecular weight is 259 g/mol. The highest BCUT2D eigenvalue weighted by atomic mass is 35.5. The van der Waals surface area contributed by atoms with Crippen LogP contribution in [0.4, 0.5) is 0 Å². The monoisotopic (exact) mass is 258 g/mol. The van der Waals surface area contributed by atoms with Crippen molar-refractivity contribution >= 4 is 19.4 Å². The van der Waals surface area contributed by atoms with Crippen LogP contribution in [0.15, 0.2) is 0 Å². The molecule has 0 aromatic rings. The van der Waals surface area contributed by atoms with Crippen LogP contribution < -0.4 is 0 Å². The Balaban J connectivity index is 4.32. The topological polar surface area (TPSA) is 66.8 Å². The molecule has 0 aliphatic rings. The van der Waals surface area contributed by atoms with Crippen LogP contribution in [0.1, 0.15) is 52.4 Å². The van der Waals surface area contributed by atoms with Gasteiger partial charge in [0.2, 0.25) is 0 Å². The first-order chi connectivity index (χ1) is 6.83. The van der Waals surface area contributed by atoms with Crippen LogP contribution in [-0.2, 0) is 9.09 Å². The summed E-state index contributed by atoms with van der Waals surface area (Å²) in [7, 11) is -4.50. The van der Waals surface area contributed by atoms with Gasteiger partial charge in [-0.15, -0.1) is 0 Å². The maximum atomic E-state index is 10.8. The van der Waals surface area contributed by atoms with Crippen LogP contribution in [0.3, 0.4) is 0 Å². The van der Waals surface area contributed by atoms with E-state index >= 15 is 0 Å². The highest BCUT2D eigenvalue weighted by Crippen LogP contribution is 2.46. The van der Waals surface area contributed by atoms with Gasteiger partial charge in [-0.3, -0.25) is 4.52 Å². The Morgan fingerprint density at radius 2 is 1.60 bits per heavy atom. The van der Waals surface area contributed by atoms with Crippen molar-refractivity contribution < 1.29 is 18.9 Å². The Kier molecular flexibility index (Phi) is 7.05. The summed E-state index contributed by atoms with van der Waals surface area (Å²) in [6, 6.07) is 0. The van der Waals surface area contributed by atoms with Crippen LogP contribution in [0.25, 0.3) is 0 Å². The lowest BCUT2D eigenvalue weighted by Crippen LogP contribution is -2.24. The first kappa shape index (κ1) is 15.4. The number of hydrogen-bond acceptors (Lipinski definition) is 2. The number of phosphoric acid groups is 1. The first-order valence-electron chi connectivity index (χ1n) is 5.28. The molecule has 0 heterocycles. The lowest BCUT2D eigenvalue weighted by atomic mass is 10.1. The second-order valence-electron chi connectivity index (χ2n) is 3.67. The van der Waals surface area contributed by atoms with Crippen LogP contribution in [0.2, 0.25) is 0 Å². The van der Waals surface area contributed by atoms with Gasteiger partial charge in [-0.25, -0.2) is 4.57 Å². The minimum Gasteiger partial charge on any atom is -0.303 e. The molecule has 2 N–H and O–H groups in total. The standard InChI is InChI=1S/C9H20ClO4P/c1-3-5-7-9(10,8-6-4-2)14-15(11,12)13/h3-8H2,1-2H3,(H2,11,12,13). The lowest BCUT2D eigenvalue weighted by Gasteiger charge is -2.27. The number of alkyl halides is 1. The third-order valence-corrected chi connectivity index (χ3v) is 3.24. The predicted octanol–water partition coefficient (Wildman–Crippen LogP) is 3.41. The number of phosphoric ester groups is 1. The molecule has 6 heteroatoms. The predicted molar refractivity (Wildman–Crippen MR) is 60.8 cm³/mol. The highest BCUT2D eigenvalue weighted by molar-refractivity contribution is 7.46. The van der Waals surface area contributed by atoms with Crippen LogP contribution in [0, 0.1) is 0 Å². The van der Waals surface area contributed by atoms with E-state index < -0.39 is 12.9 Å². The molecular weight excluding hydrogens is 239 g/mol. The maximum Gasteiger partial charge on any atom is 0.471 e. The summed E-state index contributed by atoms with van der Waals surface area (Å²) < 4.78 is 15.4. The maximum absolute atomic E-state index is 10.8. The van der Waals surface area contributed by atoms with Crippen molar-refractivity contribution in [2.24, 2.45) is 0 Å². The SMILES string of the molecule is CCCCC(Cl)(CCCC)OP(=O)(O)O. The number of hydrogen-bond donors (Lipinski definition) is 2. The summed E-state index contributed by atoms with van der Waals surface area (Å²) in [5.74, 6) is 0. The van der Waals surface area contributed by atoms with E-state index in [1.807, 2.05) is 13.8 Å². The normalized spacial score (nSPS) is 13.1. The van der Waals surface area contributed by atoms with E-state index in [2.05, 4.69) is 4.52 Å². The first-order valence-corrected chi connectivity index (χ1v) is 7.19. The molecule has 15 heavy (non-hydrogen) atoms. The summed E-state index contributed by atoms with van der Waals surface area (Å²) in [5.41, 5.74) is 0. The van der Waals surface area contributed by atoms with Gasteiger partial charge in [0, 0.05) is 0 Å². The van der Waals surface area contributed by atoms with E-state index in [0.29, 0.717) is 12.8 Å². The van der Waals surface area contributed by atoms with Crippen molar-refractivity contribution in [3.8, 4) is 0 Å². The average Bonchev–Trinajstić information content (AvgIpc) is 2.09. The van der Waals surface area contributed by atoms with Crippen molar-refractivity contribution in [3.63, 3.8) is 0 Å². The molecule has 0 aliphatic carbocycles. The summed E-state index contributed by atoms with van der Waals surface area (Å²) >= 11 is 6.07. The quantitative estimate of drug-likeness (QED) is 0.517. The molecule has 0 saturated carbocycles. The zero-order valence-electron chi connectivity index (χ0n) is 9.28. The molecule has 0 rings (SSSR count). The Bertz CT molecular complexity index is 208. The van der Waals surface area contributed by atoms with Gasteiger partial charge in [-0.1, -0.05) is 38.3 Å². The van der Waals surface area contributed by atoms with Crippen LogP contribution >= 0.6 is 19.4 Å². The largest absolute Gasteiger partial charge is 0.471 e. The fourth-order valence-corrected chi connectivity index (χ4v) is 2.46. The molecule has 0 aromatic heterocycles. The van der Waals surface area contributed by atoms with Crippen molar-refractivity contribution in [3.05, 3.63) is 0 Å². The molecule has 0 spiro atoms. The van der Waals surface area contributed by atoms with E-state index in [1.165, 1.54) is 0 Å². The van der Waals surface area contributed by atoms with E-state index in [0.717, 1.165) is 25.7 Å². The molecular formula is C9H20ClO4P. The van der Waals surface area contributed by atoms with Gasteiger partial charge in [0.1, 0.15) is 0 Å². The van der Waals surface area contributed by atoms with Gasteiger partial charge in [-0.05, 0) is 25.7 Å². The molecule has 0 radical (unpaired) electrons. The fraction of sp³-hybridized carbons (Fsp3) is 1.00. The second-order valence-corrected chi connectivity index (χ2v) is 5.52. The second kappa shape index (κ2) is 6.87. The third-order valence-electron chi connectivity index (χ3n) is 2.09. The Morgan fingerprint density at radius 3 is 1.87 bits per heavy atom. The van der Waals surface area contributed by atoms with Crippen molar-refractivity contribution in [2.45, 2.75) is 57.4 Å². The minimum absolute atomic E-state index is 0.468. The molecule has 4 nitrogen and oxygen atoms in total. The third kappa shape index (κ3) is 8.23. The van der Waals surface area contributed by atoms with E-state index in [1.54, 1.807) is 0 Å². The Labute approximate surface area is 96.2 Å². The zero-order chi connectivity index (χ0) is 11.9. The molecule has 0 amide bonds. The fourth-order valence-electron chi connectivity index (χ4n) is 1.31. The molecule has 0 saturated heterocycles. The number of halogens is 1. The summed E-state index contributed by atoms with van der Waals surface area (Å²) in [6.07, 6.45) is 4.38. The van der Waals surface area contributed by atoms with E-state index in [9.17, 15) is 4.57 Å². The molecule has 0 aromatic carbocycles. The van der Waals surface area contributed by atoms with Crippen molar-refractivity contribution in [1.29, 1.82) is 0 Å². The molecule has 0 unspecified atom stereocenters. The van der Waals surface area contributed by atoms with Crippen molar-refractivity contribution in [1.82, 2.24) is 0 Å². The summed E-state index contributed by atoms with van der Waals surface area (Å²) in [6.45, 7) is 3.99. The summed E-state index contributed by atoms with van der Waals surface area (Å²) in [4.78, 5) is 17.5. The molecule has 92 valence electrons. The minimum atomic E-state index is -4.50.